The Bertz CT molecular complexity index is 839. The van der Waals surface area contributed by atoms with Crippen LogP contribution in [0.4, 0.5) is 4.79 Å². The van der Waals surface area contributed by atoms with Crippen LogP contribution in [0.1, 0.15) is 48.2 Å². The van der Waals surface area contributed by atoms with E-state index in [1.807, 2.05) is 35.2 Å². The van der Waals surface area contributed by atoms with E-state index in [0.717, 1.165) is 24.8 Å². The summed E-state index contributed by atoms with van der Waals surface area (Å²) in [6.45, 7) is 0.272. The number of benzene rings is 1. The Morgan fingerprint density at radius 2 is 1.79 bits per heavy atom. The Kier molecular flexibility index (Phi) is 5.79. The molecule has 2 unspecified atom stereocenters. The van der Waals surface area contributed by atoms with Gasteiger partial charge >= 0.3 is 6.09 Å². The van der Waals surface area contributed by atoms with Crippen molar-refractivity contribution >= 4 is 11.9 Å². The molecule has 6 heteroatoms. The number of amides is 1. The van der Waals surface area contributed by atoms with Crippen LogP contribution in [0.15, 0.2) is 48.7 Å². The molecule has 1 aromatic heterocycles. The average molecular weight is 394 g/mol. The second kappa shape index (κ2) is 8.64. The molecule has 3 heterocycles. The summed E-state index contributed by atoms with van der Waals surface area (Å²) in [6.07, 6.45) is 5.56. The molecule has 2 aliphatic heterocycles. The molecule has 2 saturated heterocycles. The first kappa shape index (κ1) is 19.4. The molecule has 2 fully saturated rings. The molecule has 0 spiro atoms. The number of nitrogens with zero attached hydrogens (tertiary/aromatic N) is 2. The number of hydrogen-bond donors (Lipinski definition) is 0. The summed E-state index contributed by atoms with van der Waals surface area (Å²) in [5.41, 5.74) is 1.44. The fourth-order valence-corrected chi connectivity index (χ4v) is 4.54. The predicted octanol–water partition coefficient (Wildman–Crippen LogP) is 4.24. The van der Waals surface area contributed by atoms with Crippen molar-refractivity contribution in [3.63, 3.8) is 0 Å². The van der Waals surface area contributed by atoms with Crippen molar-refractivity contribution in [3.8, 4) is 5.75 Å². The van der Waals surface area contributed by atoms with Gasteiger partial charge in [-0.15, -0.1) is 0 Å². The molecule has 1 amide bonds. The molecule has 29 heavy (non-hydrogen) atoms. The van der Waals surface area contributed by atoms with Gasteiger partial charge in [0.05, 0.1) is 13.3 Å². The standard InChI is InChI=1S/C23H26N2O4/c1-28-20-10-11-21(24-14-20)22(26)17-12-18-8-5-9-19(13-17)25(18)23(27)29-15-16-6-3-2-4-7-16/h2-4,6-7,10-11,14,17-19H,5,8-9,12-13,15H2,1H3. The molecule has 1 aromatic carbocycles. The van der Waals surface area contributed by atoms with Crippen molar-refractivity contribution in [2.75, 3.05) is 7.11 Å². The first-order valence-electron chi connectivity index (χ1n) is 10.2. The second-order valence-electron chi connectivity index (χ2n) is 7.80. The number of carbonyl (C=O) groups is 2. The minimum atomic E-state index is -0.267. The third-order valence-corrected chi connectivity index (χ3v) is 5.99. The highest BCUT2D eigenvalue weighted by atomic mass is 16.6. The van der Waals surface area contributed by atoms with E-state index in [9.17, 15) is 9.59 Å². The number of carbonyl (C=O) groups excluding carboxylic acids is 2. The number of hydrogen-bond acceptors (Lipinski definition) is 5. The number of pyridine rings is 1. The minimum Gasteiger partial charge on any atom is -0.495 e. The second-order valence-corrected chi connectivity index (χ2v) is 7.80. The Morgan fingerprint density at radius 1 is 1.07 bits per heavy atom. The van der Waals surface area contributed by atoms with Crippen LogP contribution in [0.3, 0.4) is 0 Å². The van der Waals surface area contributed by atoms with Crippen molar-refractivity contribution in [1.82, 2.24) is 9.88 Å². The number of ether oxygens (including phenoxy) is 2. The number of Topliss-reactive ketones (excluding diaryl/α,β-unsaturated/α-hetero) is 1. The van der Waals surface area contributed by atoms with Gasteiger partial charge in [-0.2, -0.15) is 0 Å². The van der Waals surface area contributed by atoms with Gasteiger partial charge in [0.15, 0.2) is 5.78 Å². The van der Waals surface area contributed by atoms with Crippen LogP contribution >= 0.6 is 0 Å². The van der Waals surface area contributed by atoms with Gasteiger partial charge in [-0.25, -0.2) is 9.78 Å². The van der Waals surface area contributed by atoms with Gasteiger partial charge in [0.2, 0.25) is 0 Å². The summed E-state index contributed by atoms with van der Waals surface area (Å²) in [5.74, 6) is 0.584. The van der Waals surface area contributed by atoms with Gasteiger partial charge < -0.3 is 14.4 Å². The van der Waals surface area contributed by atoms with E-state index >= 15 is 0 Å². The average Bonchev–Trinajstić information content (AvgIpc) is 2.77. The number of ketones is 1. The molecule has 2 aliphatic rings. The highest BCUT2D eigenvalue weighted by Gasteiger charge is 2.43. The molecule has 0 radical (unpaired) electrons. The summed E-state index contributed by atoms with van der Waals surface area (Å²) < 4.78 is 10.7. The van der Waals surface area contributed by atoms with Crippen LogP contribution in [-0.4, -0.2) is 41.0 Å². The zero-order valence-electron chi connectivity index (χ0n) is 16.6. The Labute approximate surface area is 170 Å². The van der Waals surface area contributed by atoms with Crippen LogP contribution in [0.2, 0.25) is 0 Å². The van der Waals surface area contributed by atoms with Crippen molar-refractivity contribution in [2.24, 2.45) is 5.92 Å². The van der Waals surface area contributed by atoms with E-state index in [1.165, 1.54) is 0 Å². The van der Waals surface area contributed by atoms with Crippen molar-refractivity contribution < 1.29 is 19.1 Å². The lowest BCUT2D eigenvalue weighted by molar-refractivity contribution is 0.00463. The SMILES string of the molecule is COc1ccc(C(=O)C2CC3CCCC(C2)N3C(=O)OCc2ccccc2)nc1. The number of fused-ring (bicyclic) bond motifs is 2. The summed E-state index contributed by atoms with van der Waals surface area (Å²) in [6, 6.07) is 13.3. The summed E-state index contributed by atoms with van der Waals surface area (Å²) in [5, 5.41) is 0. The molecule has 2 atom stereocenters. The van der Waals surface area contributed by atoms with Crippen LogP contribution in [-0.2, 0) is 11.3 Å². The number of methoxy groups -OCH3 is 1. The van der Waals surface area contributed by atoms with Crippen molar-refractivity contribution in [1.29, 1.82) is 0 Å². The summed E-state index contributed by atoms with van der Waals surface area (Å²) in [4.78, 5) is 31.9. The lowest BCUT2D eigenvalue weighted by atomic mass is 9.76. The van der Waals surface area contributed by atoms with Gasteiger partial charge in [0.25, 0.3) is 0 Å². The van der Waals surface area contributed by atoms with E-state index in [0.29, 0.717) is 24.3 Å². The third kappa shape index (κ3) is 4.26. The highest BCUT2D eigenvalue weighted by molar-refractivity contribution is 5.96. The van der Waals surface area contributed by atoms with Crippen LogP contribution in [0.5, 0.6) is 5.75 Å². The topological polar surface area (TPSA) is 68.7 Å². The predicted molar refractivity (Wildman–Crippen MR) is 108 cm³/mol. The summed E-state index contributed by atoms with van der Waals surface area (Å²) >= 11 is 0. The summed E-state index contributed by atoms with van der Waals surface area (Å²) in [7, 11) is 1.58. The van der Waals surface area contributed by atoms with E-state index in [-0.39, 0.29) is 36.5 Å². The highest BCUT2D eigenvalue weighted by Crippen LogP contribution is 2.38. The largest absolute Gasteiger partial charge is 0.495 e. The number of piperidine rings is 2. The fraction of sp³-hybridized carbons (Fsp3) is 0.435. The lowest BCUT2D eigenvalue weighted by Gasteiger charge is -2.47. The first-order valence-corrected chi connectivity index (χ1v) is 10.2. The lowest BCUT2D eigenvalue weighted by Crippen LogP contribution is -2.55. The number of aromatic nitrogens is 1. The Hall–Kier alpha value is -2.89. The molecule has 6 nitrogen and oxygen atoms in total. The minimum absolute atomic E-state index is 0.0537. The van der Waals surface area contributed by atoms with Gasteiger partial charge in [0.1, 0.15) is 18.1 Å². The van der Waals surface area contributed by atoms with Crippen LogP contribution < -0.4 is 4.74 Å². The molecule has 2 bridgehead atoms. The molecule has 0 aliphatic carbocycles. The normalized spacial score (nSPS) is 23.3. The maximum absolute atomic E-state index is 13.0. The molecule has 0 saturated carbocycles. The maximum atomic E-state index is 13.0. The number of rotatable bonds is 5. The van der Waals surface area contributed by atoms with Gasteiger partial charge in [-0.05, 0) is 49.8 Å². The van der Waals surface area contributed by atoms with Gasteiger partial charge in [-0.1, -0.05) is 30.3 Å². The molecule has 0 N–H and O–H groups in total. The van der Waals surface area contributed by atoms with E-state index in [4.69, 9.17) is 9.47 Å². The van der Waals surface area contributed by atoms with Crippen molar-refractivity contribution in [2.45, 2.75) is 50.8 Å². The van der Waals surface area contributed by atoms with Crippen molar-refractivity contribution in [3.05, 3.63) is 59.9 Å². The first-order chi connectivity index (χ1) is 14.2. The zero-order chi connectivity index (χ0) is 20.2. The quantitative estimate of drug-likeness (QED) is 0.710. The third-order valence-electron chi connectivity index (χ3n) is 5.99. The van der Waals surface area contributed by atoms with Gasteiger partial charge in [-0.3, -0.25) is 4.79 Å². The monoisotopic (exact) mass is 394 g/mol. The van der Waals surface area contributed by atoms with E-state index < -0.39 is 0 Å². The molecule has 4 rings (SSSR count). The molecule has 152 valence electrons. The van der Waals surface area contributed by atoms with E-state index in [2.05, 4.69) is 4.98 Å². The smallest absolute Gasteiger partial charge is 0.410 e. The Balaban J connectivity index is 1.41. The van der Waals surface area contributed by atoms with Gasteiger partial charge in [0, 0.05) is 18.0 Å². The maximum Gasteiger partial charge on any atom is 0.410 e. The fourth-order valence-electron chi connectivity index (χ4n) is 4.54. The molecule has 2 aromatic rings. The molecular weight excluding hydrogens is 368 g/mol. The zero-order valence-corrected chi connectivity index (χ0v) is 16.6. The van der Waals surface area contributed by atoms with Crippen LogP contribution in [0, 0.1) is 5.92 Å². The van der Waals surface area contributed by atoms with Crippen LogP contribution in [0.25, 0.3) is 0 Å². The molecular formula is C23H26N2O4. The van der Waals surface area contributed by atoms with E-state index in [1.54, 1.807) is 25.4 Å². The Morgan fingerprint density at radius 3 is 2.41 bits per heavy atom.